The zero-order valence-electron chi connectivity index (χ0n) is 52.3. The van der Waals surface area contributed by atoms with E-state index in [2.05, 4.69) is 13.8 Å². The number of benzene rings is 3. The summed E-state index contributed by atoms with van der Waals surface area (Å²) in [4.78, 5) is 51.9. The van der Waals surface area contributed by atoms with Crippen molar-refractivity contribution in [1.29, 1.82) is 0 Å². The minimum absolute atomic E-state index is 0.0496. The van der Waals surface area contributed by atoms with Crippen molar-refractivity contribution in [3.63, 3.8) is 0 Å². The first kappa shape index (κ1) is 75.3. The molecule has 1 aliphatic rings. The van der Waals surface area contributed by atoms with Crippen LogP contribution in [-0.4, -0.2) is 95.0 Å². The number of ketones is 1. The molecule has 0 radical (unpaired) electrons. The molecule has 8 atom stereocenters. The van der Waals surface area contributed by atoms with Gasteiger partial charge in [0.25, 0.3) is 0 Å². The van der Waals surface area contributed by atoms with Gasteiger partial charge in [0.05, 0.1) is 32.8 Å². The van der Waals surface area contributed by atoms with E-state index in [4.69, 9.17) is 41.4 Å². The van der Waals surface area contributed by atoms with Crippen molar-refractivity contribution in [3.05, 3.63) is 108 Å². The number of hydrogen-bond acceptors (Lipinski definition) is 18. The molecule has 1 aliphatic carbocycles. The first-order valence-corrected chi connectivity index (χ1v) is 35.4. The van der Waals surface area contributed by atoms with Gasteiger partial charge >= 0.3 is 33.6 Å². The van der Waals surface area contributed by atoms with Crippen molar-refractivity contribution in [1.82, 2.24) is 0 Å². The molecule has 0 saturated heterocycles. The molecule has 490 valence electrons. The molecule has 3 N–H and O–H groups in total. The molecule has 3 aromatic carbocycles. The zero-order valence-corrected chi connectivity index (χ0v) is 54.1. The van der Waals surface area contributed by atoms with Crippen molar-refractivity contribution < 1.29 is 85.0 Å². The maximum absolute atomic E-state index is 15.2. The van der Waals surface area contributed by atoms with Gasteiger partial charge in [-0.1, -0.05) is 259 Å². The van der Waals surface area contributed by atoms with Gasteiger partial charge in [0.1, 0.15) is 42.9 Å². The van der Waals surface area contributed by atoms with Gasteiger partial charge in [0.2, 0.25) is 0 Å². The molecule has 0 aliphatic heterocycles. The molecule has 0 aromatic heterocycles. The molecule has 3 aromatic rings. The van der Waals surface area contributed by atoms with Crippen LogP contribution in [-0.2, 0) is 89.5 Å². The Morgan fingerprint density at radius 2 is 0.759 bits per heavy atom. The summed E-state index contributed by atoms with van der Waals surface area (Å²) >= 11 is 0. The number of carbonyl (C=O) groups is 4. The topological polar surface area (TPSA) is 246 Å². The van der Waals surface area contributed by atoms with Crippen molar-refractivity contribution in [2.75, 3.05) is 13.2 Å². The fourth-order valence-electron chi connectivity index (χ4n) is 10.1. The molecule has 87 heavy (non-hydrogen) atoms. The second kappa shape index (κ2) is 45.1. The van der Waals surface area contributed by atoms with Gasteiger partial charge in [-0.05, 0) is 36.5 Å². The van der Waals surface area contributed by atoms with Crippen LogP contribution in [0, 0.1) is 0 Å². The third-order valence-corrected chi connectivity index (χ3v) is 18.1. The van der Waals surface area contributed by atoms with E-state index < -0.39 is 103 Å². The number of phosphoric acid groups is 2. The fraction of sp³-hybridized carbons (Fsp3) is 0.672. The number of unbranched alkanes of at least 4 members (excludes halogenated alkanes) is 24. The number of hydrogen-bond donors (Lipinski definition) is 3. The van der Waals surface area contributed by atoms with E-state index >= 15 is 4.57 Å². The van der Waals surface area contributed by atoms with Gasteiger partial charge in [-0.15, -0.1) is 0 Å². The Morgan fingerprint density at radius 3 is 1.16 bits per heavy atom. The minimum atomic E-state index is -5.14. The normalized spacial score (nSPS) is 18.8. The number of Topliss-reactive ketones (excluding diaryl/α,β-unsaturated/α-hetero) is 1. The van der Waals surface area contributed by atoms with Crippen LogP contribution in [0.3, 0.4) is 0 Å². The molecule has 1 saturated carbocycles. The largest absolute Gasteiger partial charge is 0.475 e. The zero-order chi connectivity index (χ0) is 62.8. The second-order valence-corrected chi connectivity index (χ2v) is 26.3. The summed E-state index contributed by atoms with van der Waals surface area (Å²) in [5, 5.41) is 35.9. The van der Waals surface area contributed by atoms with E-state index in [1.807, 2.05) is 0 Å². The lowest BCUT2D eigenvalue weighted by atomic mass is 9.85. The van der Waals surface area contributed by atoms with Crippen molar-refractivity contribution in [3.8, 4) is 0 Å². The standard InChI is InChI=1S/C67H104O18P2/c1-4-6-8-10-12-14-16-18-20-22-24-26-37-45-59(69)77-52-58(82-60(70)46-38-27-25-23-21-19-17-15-13-11-9-7-5-2)53-81-87(76,80-51-57-43-35-30-36-44-57)84-65-62(72)63(73)66(83-61(71)48-47-54(3)68)67(64(65)74)85-86(75,78-49-55-39-31-28-32-40-55)79-50-56-41-33-29-34-42-56/h28-36,39-44,58,62-67,72-74H,4-27,37-38,45-53H2,1-3H3/t58-,62-,63+,64+,65-,66-,67-,87?/m1/s1. The van der Waals surface area contributed by atoms with Crippen molar-refractivity contribution in [2.45, 2.75) is 276 Å². The Balaban J connectivity index is 1.53. The summed E-state index contributed by atoms with van der Waals surface area (Å²) in [6, 6.07) is 25.6. The lowest BCUT2D eigenvalue weighted by molar-refractivity contribution is -0.229. The summed E-state index contributed by atoms with van der Waals surface area (Å²) < 4.78 is 82.5. The quantitative estimate of drug-likeness (QED) is 0.0206. The summed E-state index contributed by atoms with van der Waals surface area (Å²) in [5.41, 5.74) is 1.57. The Bertz CT molecular complexity index is 2350. The van der Waals surface area contributed by atoms with Crippen LogP contribution in [0.2, 0.25) is 0 Å². The lowest BCUT2D eigenvalue weighted by Gasteiger charge is -2.45. The Morgan fingerprint density at radius 1 is 0.402 bits per heavy atom. The van der Waals surface area contributed by atoms with E-state index in [1.165, 1.54) is 110 Å². The monoisotopic (exact) mass is 1260 g/mol. The number of aliphatic hydroxyl groups excluding tert-OH is 3. The van der Waals surface area contributed by atoms with Gasteiger partial charge in [-0.25, -0.2) is 9.13 Å². The molecule has 0 heterocycles. The molecule has 0 amide bonds. The molecule has 18 nitrogen and oxygen atoms in total. The van der Waals surface area contributed by atoms with Crippen molar-refractivity contribution in [2.24, 2.45) is 0 Å². The predicted octanol–water partition coefficient (Wildman–Crippen LogP) is 15.4. The number of rotatable bonds is 51. The molecule has 20 heteroatoms. The maximum atomic E-state index is 15.2. The smallest absolute Gasteiger partial charge is 0.462 e. The number of esters is 3. The molecule has 0 spiro atoms. The van der Waals surface area contributed by atoms with Crippen LogP contribution in [0.5, 0.6) is 0 Å². The van der Waals surface area contributed by atoms with Crippen LogP contribution >= 0.6 is 15.6 Å². The fourth-order valence-corrected chi connectivity index (χ4v) is 12.8. The predicted molar refractivity (Wildman–Crippen MR) is 334 cm³/mol. The van der Waals surface area contributed by atoms with E-state index in [0.717, 1.165) is 51.4 Å². The molecular formula is C67H104O18P2. The van der Waals surface area contributed by atoms with Crippen LogP contribution in [0.25, 0.3) is 0 Å². The molecule has 4 rings (SSSR count). The van der Waals surface area contributed by atoms with E-state index in [-0.39, 0.29) is 38.3 Å². The summed E-state index contributed by atoms with van der Waals surface area (Å²) in [5.74, 6) is -2.55. The Hall–Kier alpha value is -4.16. The van der Waals surface area contributed by atoms with Gasteiger partial charge in [-0.2, -0.15) is 0 Å². The van der Waals surface area contributed by atoms with Crippen LogP contribution in [0.4, 0.5) is 0 Å². The highest BCUT2D eigenvalue weighted by molar-refractivity contribution is 7.48. The lowest BCUT2D eigenvalue weighted by Crippen LogP contribution is -2.65. The van der Waals surface area contributed by atoms with Crippen LogP contribution in [0.15, 0.2) is 91.0 Å². The molecule has 1 unspecified atom stereocenters. The molecule has 1 fully saturated rings. The first-order chi connectivity index (χ1) is 42.1. The highest BCUT2D eigenvalue weighted by Gasteiger charge is 2.57. The van der Waals surface area contributed by atoms with Crippen LogP contribution < -0.4 is 0 Å². The Kier molecular flexibility index (Phi) is 39.1. The third-order valence-electron chi connectivity index (χ3n) is 15.3. The first-order valence-electron chi connectivity index (χ1n) is 32.5. The number of carbonyl (C=O) groups excluding carboxylic acids is 4. The van der Waals surface area contributed by atoms with Gasteiger partial charge < -0.3 is 34.3 Å². The average Bonchev–Trinajstić information content (AvgIpc) is 0.928. The number of phosphoric ester groups is 2. The number of ether oxygens (including phenoxy) is 3. The SMILES string of the molecule is CCCCCCCCCCCCCCCC(=O)OC[C@H](COP(=O)(OCc1ccccc1)O[C@@H]1[C@H](O)[C@H](O)[C@@H](OC(=O)CCC(C)=O)[C@H](OP(=O)(OCc2ccccc2)OCc2ccccc2)[C@H]1O)OC(=O)CCCCCCCCCCCCCCC. The average molecular weight is 1260 g/mol. The maximum Gasteiger partial charge on any atom is 0.475 e. The summed E-state index contributed by atoms with van der Waals surface area (Å²) in [6.07, 6.45) is 14.4. The van der Waals surface area contributed by atoms with Crippen LogP contribution in [0.1, 0.15) is 230 Å². The summed E-state index contributed by atoms with van der Waals surface area (Å²) in [6.45, 7) is 3.36. The van der Waals surface area contributed by atoms with E-state index in [0.29, 0.717) is 29.5 Å². The van der Waals surface area contributed by atoms with Gasteiger partial charge in [0, 0.05) is 19.3 Å². The third kappa shape index (κ3) is 32.9. The van der Waals surface area contributed by atoms with E-state index in [9.17, 15) is 39.1 Å². The minimum Gasteiger partial charge on any atom is -0.462 e. The van der Waals surface area contributed by atoms with Gasteiger partial charge in [-0.3, -0.25) is 41.5 Å². The van der Waals surface area contributed by atoms with E-state index in [1.54, 1.807) is 91.0 Å². The highest BCUT2D eigenvalue weighted by Crippen LogP contribution is 2.56. The highest BCUT2D eigenvalue weighted by atomic mass is 31.2. The van der Waals surface area contributed by atoms with Gasteiger partial charge in [0.15, 0.2) is 12.2 Å². The Labute approximate surface area is 519 Å². The van der Waals surface area contributed by atoms with Crippen molar-refractivity contribution >= 4 is 39.3 Å². The number of aliphatic hydroxyl groups is 3. The second-order valence-electron chi connectivity index (χ2n) is 23.0. The summed E-state index contributed by atoms with van der Waals surface area (Å²) in [7, 11) is -10.1. The molecular weight excluding hydrogens is 1150 g/mol. The molecule has 0 bridgehead atoms.